The van der Waals surface area contributed by atoms with E-state index < -0.39 is 0 Å². The number of hydrazone groups is 2. The Balaban J connectivity index is 1.60. The molecule has 0 amide bonds. The van der Waals surface area contributed by atoms with Crippen LogP contribution in [0.25, 0.3) is 0 Å². The first-order chi connectivity index (χ1) is 9.90. The minimum atomic E-state index is 0.756. The summed E-state index contributed by atoms with van der Waals surface area (Å²) in [6.07, 6.45) is 3.80. The SMILES string of the molecule is C1=NN(N2Cc3ccccc3C=N2)Cc2ccccc21. The fraction of sp³-hybridized carbons (Fsp3) is 0.125. The van der Waals surface area contributed by atoms with Crippen LogP contribution in [0.3, 0.4) is 0 Å². The van der Waals surface area contributed by atoms with Gasteiger partial charge in [-0.05, 0) is 22.3 Å². The van der Waals surface area contributed by atoms with Crippen LogP contribution < -0.4 is 0 Å². The number of benzene rings is 2. The Kier molecular flexibility index (Phi) is 2.52. The highest BCUT2D eigenvalue weighted by Gasteiger charge is 2.20. The molecule has 0 saturated heterocycles. The van der Waals surface area contributed by atoms with E-state index >= 15 is 0 Å². The average Bonchev–Trinajstić information content (AvgIpc) is 2.54. The molecule has 0 aromatic heterocycles. The van der Waals surface area contributed by atoms with Gasteiger partial charge in [0.05, 0.1) is 25.5 Å². The van der Waals surface area contributed by atoms with E-state index in [9.17, 15) is 0 Å². The summed E-state index contributed by atoms with van der Waals surface area (Å²) in [6, 6.07) is 16.6. The van der Waals surface area contributed by atoms with Crippen LogP contribution in [-0.4, -0.2) is 22.7 Å². The standard InChI is InChI=1S/C16H14N4/c1-3-7-15-11-19(17-9-13(15)5-1)20-12-16-8-4-2-6-14(16)10-18-20/h1-10H,11-12H2. The van der Waals surface area contributed by atoms with Crippen LogP contribution in [-0.2, 0) is 13.1 Å². The van der Waals surface area contributed by atoms with Gasteiger partial charge in [-0.3, -0.25) is 0 Å². The molecule has 4 heteroatoms. The molecule has 0 radical (unpaired) electrons. The molecule has 0 atom stereocenters. The third-order valence-corrected chi connectivity index (χ3v) is 3.66. The molecule has 0 saturated carbocycles. The molecule has 0 bridgehead atoms. The lowest BCUT2D eigenvalue weighted by molar-refractivity contribution is -0.0401. The molecule has 4 nitrogen and oxygen atoms in total. The second-order valence-corrected chi connectivity index (χ2v) is 4.95. The largest absolute Gasteiger partial charge is 0.184 e. The summed E-state index contributed by atoms with van der Waals surface area (Å²) in [6.45, 7) is 1.51. The molecule has 2 aliphatic rings. The lowest BCUT2D eigenvalue weighted by atomic mass is 10.1. The van der Waals surface area contributed by atoms with E-state index in [1.165, 1.54) is 22.3 Å². The average molecular weight is 262 g/mol. The Bertz CT molecular complexity index is 644. The van der Waals surface area contributed by atoms with Gasteiger partial charge in [0.15, 0.2) is 0 Å². The smallest absolute Gasteiger partial charge is 0.0859 e. The number of rotatable bonds is 1. The van der Waals surface area contributed by atoms with Gasteiger partial charge in [0.1, 0.15) is 0 Å². The molecule has 0 spiro atoms. The monoisotopic (exact) mass is 262 g/mol. The van der Waals surface area contributed by atoms with Crippen molar-refractivity contribution in [1.82, 2.24) is 10.2 Å². The summed E-state index contributed by atoms with van der Waals surface area (Å²) in [4.78, 5) is 0. The lowest BCUT2D eigenvalue weighted by Gasteiger charge is -2.34. The molecule has 0 N–H and O–H groups in total. The van der Waals surface area contributed by atoms with Crippen molar-refractivity contribution in [3.8, 4) is 0 Å². The zero-order valence-corrected chi connectivity index (χ0v) is 11.0. The van der Waals surface area contributed by atoms with Gasteiger partial charge in [-0.25, -0.2) is 0 Å². The first-order valence-electron chi connectivity index (χ1n) is 6.69. The second kappa shape index (κ2) is 4.49. The molecule has 20 heavy (non-hydrogen) atoms. The Morgan fingerprint density at radius 2 is 1.10 bits per heavy atom. The van der Waals surface area contributed by atoms with Crippen molar-refractivity contribution < 1.29 is 0 Å². The Hall–Kier alpha value is -2.62. The lowest BCUT2D eigenvalue weighted by Crippen LogP contribution is -2.37. The number of hydrogen-bond acceptors (Lipinski definition) is 4. The van der Waals surface area contributed by atoms with Gasteiger partial charge in [-0.1, -0.05) is 48.5 Å². The van der Waals surface area contributed by atoms with Crippen LogP contribution in [0.15, 0.2) is 58.7 Å². The number of fused-ring (bicyclic) bond motifs is 2. The van der Waals surface area contributed by atoms with Crippen molar-refractivity contribution in [3.63, 3.8) is 0 Å². The third kappa shape index (κ3) is 1.86. The van der Waals surface area contributed by atoms with Crippen molar-refractivity contribution in [2.75, 3.05) is 0 Å². The summed E-state index contributed by atoms with van der Waals surface area (Å²) >= 11 is 0. The van der Waals surface area contributed by atoms with Crippen molar-refractivity contribution in [2.24, 2.45) is 10.2 Å². The Morgan fingerprint density at radius 3 is 1.60 bits per heavy atom. The van der Waals surface area contributed by atoms with Crippen LogP contribution in [0, 0.1) is 0 Å². The zero-order chi connectivity index (χ0) is 13.4. The molecule has 2 heterocycles. The Morgan fingerprint density at radius 1 is 0.650 bits per heavy atom. The highest BCUT2D eigenvalue weighted by Crippen LogP contribution is 2.21. The summed E-state index contributed by atoms with van der Waals surface area (Å²) < 4.78 is 0. The van der Waals surface area contributed by atoms with Crippen LogP contribution in [0.4, 0.5) is 0 Å². The minimum absolute atomic E-state index is 0.756. The van der Waals surface area contributed by atoms with Gasteiger partial charge < -0.3 is 0 Å². The molecular formula is C16H14N4. The van der Waals surface area contributed by atoms with Crippen LogP contribution in [0.5, 0.6) is 0 Å². The molecule has 2 aromatic rings. The first kappa shape index (κ1) is 11.2. The van der Waals surface area contributed by atoms with Crippen molar-refractivity contribution in [3.05, 3.63) is 70.8 Å². The number of nitrogens with zero attached hydrogens (tertiary/aromatic N) is 4. The second-order valence-electron chi connectivity index (χ2n) is 4.95. The highest BCUT2D eigenvalue weighted by atomic mass is 15.9. The first-order valence-corrected chi connectivity index (χ1v) is 6.69. The van der Waals surface area contributed by atoms with Crippen LogP contribution in [0.1, 0.15) is 22.3 Å². The maximum Gasteiger partial charge on any atom is 0.0859 e. The summed E-state index contributed by atoms with van der Waals surface area (Å²) in [7, 11) is 0. The number of hydrazine groups is 1. The molecule has 2 aliphatic heterocycles. The Labute approximate surface area is 117 Å². The molecule has 0 fully saturated rings. The minimum Gasteiger partial charge on any atom is -0.184 e. The summed E-state index contributed by atoms with van der Waals surface area (Å²) in [5.41, 5.74) is 4.92. The predicted molar refractivity (Wildman–Crippen MR) is 79.2 cm³/mol. The highest BCUT2D eigenvalue weighted by molar-refractivity contribution is 5.83. The summed E-state index contributed by atoms with van der Waals surface area (Å²) in [5.74, 6) is 0. The topological polar surface area (TPSA) is 31.2 Å². The van der Waals surface area contributed by atoms with Gasteiger partial charge in [-0.2, -0.15) is 20.4 Å². The molecule has 0 aliphatic carbocycles. The van der Waals surface area contributed by atoms with Crippen molar-refractivity contribution >= 4 is 12.4 Å². The predicted octanol–water partition coefficient (Wildman–Crippen LogP) is 2.60. The van der Waals surface area contributed by atoms with E-state index in [0.717, 1.165) is 13.1 Å². The van der Waals surface area contributed by atoms with Crippen molar-refractivity contribution in [1.29, 1.82) is 0 Å². The fourth-order valence-electron chi connectivity index (χ4n) is 2.53. The van der Waals surface area contributed by atoms with E-state index in [2.05, 4.69) is 46.6 Å². The van der Waals surface area contributed by atoms with E-state index in [-0.39, 0.29) is 0 Å². The van der Waals surface area contributed by atoms with E-state index in [4.69, 9.17) is 0 Å². The van der Waals surface area contributed by atoms with Gasteiger partial charge in [-0.15, -0.1) is 0 Å². The van der Waals surface area contributed by atoms with Gasteiger partial charge in [0.25, 0.3) is 0 Å². The van der Waals surface area contributed by atoms with E-state index in [1.54, 1.807) is 0 Å². The maximum absolute atomic E-state index is 4.49. The number of hydrogen-bond donors (Lipinski definition) is 0. The molecule has 98 valence electrons. The van der Waals surface area contributed by atoms with Gasteiger partial charge in [0, 0.05) is 0 Å². The maximum atomic E-state index is 4.49. The molecule has 4 rings (SSSR count). The zero-order valence-electron chi connectivity index (χ0n) is 11.0. The van der Waals surface area contributed by atoms with Gasteiger partial charge >= 0.3 is 0 Å². The quantitative estimate of drug-likeness (QED) is 0.791. The van der Waals surface area contributed by atoms with Crippen LogP contribution in [0.2, 0.25) is 0 Å². The molecular weight excluding hydrogens is 248 g/mol. The fourth-order valence-corrected chi connectivity index (χ4v) is 2.53. The van der Waals surface area contributed by atoms with E-state index in [0.29, 0.717) is 0 Å². The molecule has 2 aromatic carbocycles. The summed E-state index contributed by atoms with van der Waals surface area (Å²) in [5, 5.41) is 12.8. The van der Waals surface area contributed by atoms with Crippen LogP contribution >= 0.6 is 0 Å². The van der Waals surface area contributed by atoms with Gasteiger partial charge in [0.2, 0.25) is 0 Å². The third-order valence-electron chi connectivity index (χ3n) is 3.66. The molecule has 0 unspecified atom stereocenters. The van der Waals surface area contributed by atoms with E-state index in [1.807, 2.05) is 34.8 Å². The van der Waals surface area contributed by atoms with Crippen molar-refractivity contribution in [2.45, 2.75) is 13.1 Å². The normalized spacial score (nSPS) is 16.0.